The highest BCUT2D eigenvalue weighted by Crippen LogP contribution is 2.26. The summed E-state index contributed by atoms with van der Waals surface area (Å²) in [5, 5.41) is 5.87. The van der Waals surface area contributed by atoms with E-state index in [1.165, 1.54) is 38.5 Å². The van der Waals surface area contributed by atoms with Crippen molar-refractivity contribution in [1.29, 1.82) is 0 Å². The number of carbonyl (C=O) groups excluding carboxylic acids is 4. The molecule has 0 saturated heterocycles. The molecule has 1 aliphatic carbocycles. The molecular weight excluding hydrogens is 556 g/mol. The summed E-state index contributed by atoms with van der Waals surface area (Å²) in [6, 6.07) is 7.35. The predicted octanol–water partition coefficient (Wildman–Crippen LogP) is 5.22. The molecule has 0 radical (unpaired) electrons. The maximum atomic E-state index is 12.7. The second-order valence-corrected chi connectivity index (χ2v) is 12.5. The van der Waals surface area contributed by atoms with Gasteiger partial charge >= 0.3 is 12.1 Å². The van der Waals surface area contributed by atoms with Gasteiger partial charge in [0.25, 0.3) is 0 Å². The maximum absolute atomic E-state index is 12.7. The Morgan fingerprint density at radius 3 is 1.73 bits per heavy atom. The van der Waals surface area contributed by atoms with Crippen LogP contribution in [0.2, 0.25) is 0 Å². The van der Waals surface area contributed by atoms with E-state index in [1.807, 2.05) is 31.3 Å². The van der Waals surface area contributed by atoms with E-state index in [4.69, 9.17) is 0 Å². The largest absolute Gasteiger partial charge is 0.344 e. The van der Waals surface area contributed by atoms with Gasteiger partial charge in [-0.2, -0.15) is 0 Å². The van der Waals surface area contributed by atoms with E-state index < -0.39 is 0 Å². The SMILES string of the molecule is CCCCCCCC(=O)N(C)CCN(C)C(=O)NCc1cccc(CNC(=O)N(C)CCN(C)C(=O)CC2CCCCC2)c1. The fourth-order valence-electron chi connectivity index (χ4n) is 5.39. The Labute approximate surface area is 265 Å². The number of hydrogen-bond donors (Lipinski definition) is 2. The Morgan fingerprint density at radius 1 is 0.682 bits per heavy atom. The lowest BCUT2D eigenvalue weighted by atomic mass is 9.87. The third-order valence-electron chi connectivity index (χ3n) is 8.65. The molecule has 10 nitrogen and oxygen atoms in total. The molecule has 0 bridgehead atoms. The fraction of sp³-hybridized carbons (Fsp3) is 0.706. The summed E-state index contributed by atoms with van der Waals surface area (Å²) in [6.45, 7) is 4.81. The van der Waals surface area contributed by atoms with E-state index in [0.29, 0.717) is 58.0 Å². The summed E-state index contributed by atoms with van der Waals surface area (Å²) < 4.78 is 0. The quantitative estimate of drug-likeness (QED) is 0.221. The summed E-state index contributed by atoms with van der Waals surface area (Å²) in [6.07, 6.45) is 12.8. The fourth-order valence-corrected chi connectivity index (χ4v) is 5.39. The molecule has 1 aromatic rings. The zero-order valence-electron chi connectivity index (χ0n) is 28.0. The average Bonchev–Trinajstić information content (AvgIpc) is 3.03. The lowest BCUT2D eigenvalue weighted by Crippen LogP contribution is -2.42. The van der Waals surface area contributed by atoms with E-state index in [2.05, 4.69) is 17.6 Å². The van der Waals surface area contributed by atoms with Crippen LogP contribution in [0.5, 0.6) is 0 Å². The Morgan fingerprint density at radius 2 is 1.18 bits per heavy atom. The number of rotatable bonds is 18. The van der Waals surface area contributed by atoms with Crippen molar-refractivity contribution < 1.29 is 19.2 Å². The Kier molecular flexibility index (Phi) is 17.3. The van der Waals surface area contributed by atoms with Crippen molar-refractivity contribution in [3.8, 4) is 0 Å². The predicted molar refractivity (Wildman–Crippen MR) is 176 cm³/mol. The van der Waals surface area contributed by atoms with Crippen LogP contribution in [-0.4, -0.2) is 97.8 Å². The lowest BCUT2D eigenvalue weighted by molar-refractivity contribution is -0.131. The Hall–Kier alpha value is -3.30. The summed E-state index contributed by atoms with van der Waals surface area (Å²) in [5.41, 5.74) is 1.86. The molecule has 0 aromatic heterocycles. The third kappa shape index (κ3) is 14.4. The first kappa shape index (κ1) is 36.9. The van der Waals surface area contributed by atoms with E-state index in [1.54, 1.807) is 40.7 Å². The first-order chi connectivity index (χ1) is 21.1. The smallest absolute Gasteiger partial charge is 0.317 e. The molecule has 10 heteroatoms. The zero-order chi connectivity index (χ0) is 32.3. The molecule has 0 atom stereocenters. The van der Waals surface area contributed by atoms with Crippen LogP contribution in [0.4, 0.5) is 9.59 Å². The molecule has 0 heterocycles. The number of carbonyl (C=O) groups is 4. The molecule has 2 N–H and O–H groups in total. The molecule has 2 rings (SSSR count). The summed E-state index contributed by atoms with van der Waals surface area (Å²) in [7, 11) is 7.07. The number of nitrogens with zero attached hydrogens (tertiary/aromatic N) is 4. The van der Waals surface area contributed by atoms with Crippen molar-refractivity contribution in [1.82, 2.24) is 30.2 Å². The number of unbranched alkanes of at least 4 members (excludes halogenated alkanes) is 4. The van der Waals surface area contributed by atoms with Crippen LogP contribution < -0.4 is 10.6 Å². The second kappa shape index (κ2) is 20.6. The molecule has 1 fully saturated rings. The van der Waals surface area contributed by atoms with Crippen molar-refractivity contribution in [2.75, 3.05) is 54.4 Å². The van der Waals surface area contributed by atoms with Gasteiger partial charge in [0.1, 0.15) is 0 Å². The van der Waals surface area contributed by atoms with Gasteiger partial charge in [-0.25, -0.2) is 9.59 Å². The Bertz CT molecular complexity index is 1030. The lowest BCUT2D eigenvalue weighted by Gasteiger charge is -2.26. The Balaban J connectivity index is 1.66. The van der Waals surface area contributed by atoms with E-state index in [9.17, 15) is 19.2 Å². The van der Waals surface area contributed by atoms with Gasteiger partial charge < -0.3 is 30.2 Å². The van der Waals surface area contributed by atoms with Gasteiger partial charge in [0.2, 0.25) is 11.8 Å². The van der Waals surface area contributed by atoms with Crippen molar-refractivity contribution in [3.63, 3.8) is 0 Å². The first-order valence-corrected chi connectivity index (χ1v) is 16.6. The highest BCUT2D eigenvalue weighted by Gasteiger charge is 2.20. The van der Waals surface area contributed by atoms with Crippen molar-refractivity contribution in [3.05, 3.63) is 35.4 Å². The minimum absolute atomic E-state index is 0.123. The molecule has 6 amide bonds. The minimum atomic E-state index is -0.201. The molecule has 0 spiro atoms. The van der Waals surface area contributed by atoms with Crippen molar-refractivity contribution >= 4 is 23.9 Å². The van der Waals surface area contributed by atoms with Gasteiger partial charge in [-0.15, -0.1) is 0 Å². The third-order valence-corrected chi connectivity index (χ3v) is 8.65. The number of urea groups is 2. The van der Waals surface area contributed by atoms with Gasteiger partial charge in [-0.05, 0) is 36.3 Å². The standard InChI is InChI=1S/C34H58N6O4/c1-6-7-8-9-13-19-31(41)37(2)20-22-39(4)33(43)35-26-29-17-14-18-30(24-29)27-36-34(44)40(5)23-21-38(3)32(42)25-28-15-11-10-12-16-28/h14,17-18,24,28H,6-13,15-16,19-23,25-27H2,1-5H3,(H,35,43)(H,36,44). The normalized spacial score (nSPS) is 13.2. The molecule has 44 heavy (non-hydrogen) atoms. The molecule has 0 aliphatic heterocycles. The number of hydrogen-bond acceptors (Lipinski definition) is 4. The van der Waals surface area contributed by atoms with Crippen LogP contribution in [0, 0.1) is 5.92 Å². The van der Waals surface area contributed by atoms with E-state index >= 15 is 0 Å². The van der Waals surface area contributed by atoms with Crippen LogP contribution >= 0.6 is 0 Å². The van der Waals surface area contributed by atoms with Crippen LogP contribution in [0.25, 0.3) is 0 Å². The summed E-state index contributed by atoms with van der Waals surface area (Å²) in [4.78, 5) is 56.8. The van der Waals surface area contributed by atoms with Gasteiger partial charge in [0.05, 0.1) is 0 Å². The zero-order valence-corrected chi connectivity index (χ0v) is 28.0. The monoisotopic (exact) mass is 614 g/mol. The minimum Gasteiger partial charge on any atom is -0.344 e. The maximum Gasteiger partial charge on any atom is 0.317 e. The number of likely N-dealkylation sites (N-methyl/N-ethyl adjacent to an activating group) is 4. The molecule has 1 aromatic carbocycles. The van der Waals surface area contributed by atoms with Gasteiger partial charge in [0.15, 0.2) is 0 Å². The first-order valence-electron chi connectivity index (χ1n) is 16.6. The number of benzene rings is 1. The van der Waals surface area contributed by atoms with Crippen LogP contribution in [0.15, 0.2) is 24.3 Å². The summed E-state index contributed by atoms with van der Waals surface area (Å²) >= 11 is 0. The topological polar surface area (TPSA) is 105 Å². The van der Waals surface area contributed by atoms with Crippen LogP contribution in [-0.2, 0) is 22.7 Å². The number of amides is 6. The van der Waals surface area contributed by atoms with Crippen molar-refractivity contribution in [2.45, 2.75) is 97.1 Å². The molecular formula is C34H58N6O4. The number of nitrogens with one attached hydrogen (secondary N) is 2. The molecule has 1 aliphatic rings. The highest BCUT2D eigenvalue weighted by molar-refractivity contribution is 5.77. The van der Waals surface area contributed by atoms with Gasteiger partial charge in [-0.1, -0.05) is 76.1 Å². The highest BCUT2D eigenvalue weighted by atomic mass is 16.2. The van der Waals surface area contributed by atoms with Gasteiger partial charge in [0, 0.05) is 80.3 Å². The molecule has 248 valence electrons. The average molecular weight is 615 g/mol. The summed E-state index contributed by atoms with van der Waals surface area (Å²) in [5.74, 6) is 0.785. The van der Waals surface area contributed by atoms with Crippen molar-refractivity contribution in [2.24, 2.45) is 5.92 Å². The van der Waals surface area contributed by atoms with E-state index in [-0.39, 0.29) is 23.9 Å². The van der Waals surface area contributed by atoms with E-state index in [0.717, 1.165) is 36.8 Å². The van der Waals surface area contributed by atoms with Gasteiger partial charge in [-0.3, -0.25) is 9.59 Å². The molecule has 1 saturated carbocycles. The second-order valence-electron chi connectivity index (χ2n) is 12.5. The van der Waals surface area contributed by atoms with Crippen LogP contribution in [0.3, 0.4) is 0 Å². The van der Waals surface area contributed by atoms with Crippen LogP contribution in [0.1, 0.15) is 95.1 Å². The molecule has 0 unspecified atom stereocenters.